The molecule has 0 bridgehead atoms. The van der Waals surface area contributed by atoms with E-state index in [2.05, 4.69) is 17.0 Å². The number of hydrogen-bond acceptors (Lipinski definition) is 2. The van der Waals surface area contributed by atoms with E-state index in [1.54, 1.807) is 18.2 Å². The molecule has 2 aromatic carbocycles. The molecule has 0 saturated carbocycles. The van der Waals surface area contributed by atoms with Gasteiger partial charge in [0, 0.05) is 18.7 Å². The number of anilines is 1. The Morgan fingerprint density at radius 2 is 1.79 bits per heavy atom. The summed E-state index contributed by atoms with van der Waals surface area (Å²) in [5.41, 5.74) is 7.73. The Morgan fingerprint density at radius 1 is 1.05 bits per heavy atom. The van der Waals surface area contributed by atoms with Gasteiger partial charge in [0.15, 0.2) is 5.82 Å². The van der Waals surface area contributed by atoms with E-state index in [-0.39, 0.29) is 11.5 Å². The van der Waals surface area contributed by atoms with Crippen LogP contribution in [0.15, 0.2) is 48.5 Å². The smallest absolute Gasteiger partial charge is 0.150 e. The van der Waals surface area contributed by atoms with E-state index in [0.29, 0.717) is 12.1 Å². The van der Waals surface area contributed by atoms with E-state index in [1.807, 2.05) is 25.2 Å². The second kappa shape index (κ2) is 6.34. The van der Waals surface area contributed by atoms with Gasteiger partial charge < -0.3 is 10.6 Å². The summed E-state index contributed by atoms with van der Waals surface area (Å²) in [6.07, 6.45) is 0.960. The minimum atomic E-state index is -0.297. The molecule has 100 valence electrons. The first-order valence-corrected chi connectivity index (χ1v) is 6.42. The van der Waals surface area contributed by atoms with Crippen molar-refractivity contribution in [3.05, 3.63) is 65.5 Å². The number of halogens is 1. The average molecular weight is 258 g/mol. The highest BCUT2D eigenvalue weighted by molar-refractivity contribution is 5.42. The quantitative estimate of drug-likeness (QED) is 0.835. The van der Waals surface area contributed by atoms with Crippen LogP contribution < -0.4 is 5.73 Å². The van der Waals surface area contributed by atoms with Gasteiger partial charge in [-0.2, -0.15) is 0 Å². The maximum atomic E-state index is 13.8. The molecule has 2 rings (SSSR count). The van der Waals surface area contributed by atoms with Crippen LogP contribution in [0.4, 0.5) is 10.1 Å². The van der Waals surface area contributed by atoms with Gasteiger partial charge in [0.1, 0.15) is 0 Å². The van der Waals surface area contributed by atoms with Crippen LogP contribution in [0.25, 0.3) is 0 Å². The Hall–Kier alpha value is -1.87. The monoisotopic (exact) mass is 258 g/mol. The molecule has 0 spiro atoms. The molecule has 0 aliphatic heterocycles. The van der Waals surface area contributed by atoms with Crippen molar-refractivity contribution in [3.63, 3.8) is 0 Å². The minimum absolute atomic E-state index is 0.217. The molecule has 19 heavy (non-hydrogen) atoms. The molecule has 2 nitrogen and oxygen atoms in total. The lowest BCUT2D eigenvalue weighted by Crippen LogP contribution is -2.21. The number of nitrogens with two attached hydrogens (primary N) is 1. The van der Waals surface area contributed by atoms with Crippen molar-refractivity contribution in [1.29, 1.82) is 0 Å². The molecule has 0 unspecified atom stereocenters. The second-order valence-electron chi connectivity index (χ2n) is 4.79. The average Bonchev–Trinajstić information content (AvgIpc) is 2.43. The fourth-order valence-corrected chi connectivity index (χ4v) is 2.06. The molecule has 0 heterocycles. The van der Waals surface area contributed by atoms with Crippen molar-refractivity contribution < 1.29 is 4.39 Å². The van der Waals surface area contributed by atoms with Crippen LogP contribution in [0.5, 0.6) is 0 Å². The SMILES string of the molecule is CN(CCc1ccccc1)Cc1cccc(N)c1F. The van der Waals surface area contributed by atoms with E-state index in [9.17, 15) is 4.39 Å². The van der Waals surface area contributed by atoms with Gasteiger partial charge in [-0.3, -0.25) is 0 Å². The molecule has 0 amide bonds. The summed E-state index contributed by atoms with van der Waals surface area (Å²) in [4.78, 5) is 2.10. The zero-order valence-corrected chi connectivity index (χ0v) is 11.1. The van der Waals surface area contributed by atoms with Crippen LogP contribution in [0, 0.1) is 5.82 Å². The van der Waals surface area contributed by atoms with Crippen LogP contribution in [0.3, 0.4) is 0 Å². The molecule has 0 fully saturated rings. The zero-order valence-electron chi connectivity index (χ0n) is 11.1. The predicted molar refractivity (Wildman–Crippen MR) is 77.3 cm³/mol. The largest absolute Gasteiger partial charge is 0.396 e. The molecule has 0 saturated heterocycles. The van der Waals surface area contributed by atoms with Crippen molar-refractivity contribution in [2.24, 2.45) is 0 Å². The van der Waals surface area contributed by atoms with Crippen LogP contribution in [0.2, 0.25) is 0 Å². The Kier molecular flexibility index (Phi) is 4.53. The van der Waals surface area contributed by atoms with E-state index >= 15 is 0 Å². The molecule has 0 radical (unpaired) electrons. The van der Waals surface area contributed by atoms with Crippen molar-refractivity contribution >= 4 is 5.69 Å². The van der Waals surface area contributed by atoms with Crippen molar-refractivity contribution in [2.75, 3.05) is 19.3 Å². The maximum Gasteiger partial charge on any atom is 0.150 e. The van der Waals surface area contributed by atoms with Crippen LogP contribution >= 0.6 is 0 Å². The van der Waals surface area contributed by atoms with Gasteiger partial charge in [-0.15, -0.1) is 0 Å². The highest BCUT2D eigenvalue weighted by Crippen LogP contribution is 2.16. The highest BCUT2D eigenvalue weighted by atomic mass is 19.1. The molecule has 0 atom stereocenters. The van der Waals surface area contributed by atoms with Gasteiger partial charge in [0.25, 0.3) is 0 Å². The zero-order chi connectivity index (χ0) is 13.7. The van der Waals surface area contributed by atoms with Gasteiger partial charge in [-0.1, -0.05) is 42.5 Å². The van der Waals surface area contributed by atoms with E-state index in [0.717, 1.165) is 13.0 Å². The summed E-state index contributed by atoms with van der Waals surface area (Å²) in [6.45, 7) is 1.46. The lowest BCUT2D eigenvalue weighted by molar-refractivity contribution is 0.325. The van der Waals surface area contributed by atoms with Crippen molar-refractivity contribution in [1.82, 2.24) is 4.90 Å². The summed E-state index contributed by atoms with van der Waals surface area (Å²) in [6, 6.07) is 15.4. The van der Waals surface area contributed by atoms with Gasteiger partial charge >= 0.3 is 0 Å². The number of nitrogen functional groups attached to an aromatic ring is 1. The van der Waals surface area contributed by atoms with Gasteiger partial charge in [-0.05, 0) is 25.1 Å². The molecule has 2 N–H and O–H groups in total. The summed E-state index contributed by atoms with van der Waals surface area (Å²) in [7, 11) is 1.99. The third-order valence-electron chi connectivity index (χ3n) is 3.17. The van der Waals surface area contributed by atoms with E-state index in [1.165, 1.54) is 5.56 Å². The third-order valence-corrected chi connectivity index (χ3v) is 3.17. The number of hydrogen-bond donors (Lipinski definition) is 1. The Morgan fingerprint density at radius 3 is 2.53 bits per heavy atom. The van der Waals surface area contributed by atoms with Crippen LogP contribution in [-0.4, -0.2) is 18.5 Å². The van der Waals surface area contributed by atoms with Crippen LogP contribution in [-0.2, 0) is 13.0 Å². The number of likely N-dealkylation sites (N-methyl/N-ethyl adjacent to an activating group) is 1. The van der Waals surface area contributed by atoms with Gasteiger partial charge in [0.05, 0.1) is 5.69 Å². The van der Waals surface area contributed by atoms with Crippen molar-refractivity contribution in [3.8, 4) is 0 Å². The Balaban J connectivity index is 1.91. The molecular weight excluding hydrogens is 239 g/mol. The number of rotatable bonds is 5. The Labute approximate surface area is 113 Å². The Bertz CT molecular complexity index is 526. The minimum Gasteiger partial charge on any atom is -0.396 e. The summed E-state index contributed by atoms with van der Waals surface area (Å²) >= 11 is 0. The maximum absolute atomic E-state index is 13.8. The van der Waals surface area contributed by atoms with Crippen LogP contribution in [0.1, 0.15) is 11.1 Å². The second-order valence-corrected chi connectivity index (χ2v) is 4.79. The predicted octanol–water partition coefficient (Wildman–Crippen LogP) is 3.08. The van der Waals surface area contributed by atoms with E-state index < -0.39 is 0 Å². The van der Waals surface area contributed by atoms with Crippen molar-refractivity contribution in [2.45, 2.75) is 13.0 Å². The lowest BCUT2D eigenvalue weighted by Gasteiger charge is -2.17. The standard InChI is InChI=1S/C16H19FN2/c1-19(11-10-13-6-3-2-4-7-13)12-14-8-5-9-15(18)16(14)17/h2-9H,10-12,18H2,1H3. The number of benzene rings is 2. The lowest BCUT2D eigenvalue weighted by atomic mass is 10.1. The first kappa shape index (κ1) is 13.6. The first-order chi connectivity index (χ1) is 9.16. The molecule has 0 aliphatic rings. The summed E-state index contributed by atoms with van der Waals surface area (Å²) in [5, 5.41) is 0. The van der Waals surface area contributed by atoms with E-state index in [4.69, 9.17) is 5.73 Å². The normalized spacial score (nSPS) is 10.9. The summed E-state index contributed by atoms with van der Waals surface area (Å²) < 4.78 is 13.8. The fourth-order valence-electron chi connectivity index (χ4n) is 2.06. The topological polar surface area (TPSA) is 29.3 Å². The van der Waals surface area contributed by atoms with Gasteiger partial charge in [0.2, 0.25) is 0 Å². The molecule has 0 aromatic heterocycles. The summed E-state index contributed by atoms with van der Waals surface area (Å²) in [5.74, 6) is -0.297. The highest BCUT2D eigenvalue weighted by Gasteiger charge is 2.08. The molecule has 0 aliphatic carbocycles. The molecule has 3 heteroatoms. The third kappa shape index (κ3) is 3.80. The molecular formula is C16H19FN2. The number of nitrogens with zero attached hydrogens (tertiary/aromatic N) is 1. The molecule has 2 aromatic rings. The van der Waals surface area contributed by atoms with Gasteiger partial charge in [-0.25, -0.2) is 4.39 Å². The fraction of sp³-hybridized carbons (Fsp3) is 0.250. The first-order valence-electron chi connectivity index (χ1n) is 6.42.